The lowest BCUT2D eigenvalue weighted by atomic mass is 9.89. The van der Waals surface area contributed by atoms with Crippen LogP contribution in [0.5, 0.6) is 0 Å². The van der Waals surface area contributed by atoms with Gasteiger partial charge in [-0.3, -0.25) is 15.1 Å². The van der Waals surface area contributed by atoms with Crippen LogP contribution in [0.2, 0.25) is 0 Å². The Balaban J connectivity index is 2.32. The number of hydrazine groups is 1. The molecule has 0 radical (unpaired) electrons. The van der Waals surface area contributed by atoms with Gasteiger partial charge < -0.3 is 0 Å². The van der Waals surface area contributed by atoms with Crippen molar-refractivity contribution in [3.8, 4) is 0 Å². The van der Waals surface area contributed by atoms with E-state index in [0.29, 0.717) is 0 Å². The molecule has 0 aromatic carbocycles. The molecule has 88 valence electrons. The van der Waals surface area contributed by atoms with Crippen LogP contribution in [-0.4, -0.2) is 30.4 Å². The van der Waals surface area contributed by atoms with Gasteiger partial charge in [-0.1, -0.05) is 19.3 Å². The molecule has 1 atom stereocenters. The Hall–Kier alpha value is -0.610. The van der Waals surface area contributed by atoms with E-state index in [1.54, 1.807) is 0 Å². The van der Waals surface area contributed by atoms with E-state index in [1.807, 2.05) is 14.0 Å². The van der Waals surface area contributed by atoms with Crippen LogP contribution in [-0.2, 0) is 4.79 Å². The number of likely N-dealkylation sites (N-methyl/N-ethyl adjacent to an activating group) is 1. The van der Waals surface area contributed by atoms with E-state index in [0.717, 1.165) is 12.5 Å². The van der Waals surface area contributed by atoms with Gasteiger partial charge >= 0.3 is 0 Å². The summed E-state index contributed by atoms with van der Waals surface area (Å²) in [6, 6.07) is -0.128. The van der Waals surface area contributed by atoms with Crippen LogP contribution >= 0.6 is 0 Å². The summed E-state index contributed by atoms with van der Waals surface area (Å²) >= 11 is 0. The maximum atomic E-state index is 11.3. The molecule has 1 aliphatic carbocycles. The average molecular weight is 213 g/mol. The first-order valence-corrected chi connectivity index (χ1v) is 5.86. The first kappa shape index (κ1) is 12.5. The van der Waals surface area contributed by atoms with Gasteiger partial charge in [0.1, 0.15) is 0 Å². The molecular weight excluding hydrogens is 190 g/mol. The summed E-state index contributed by atoms with van der Waals surface area (Å²) in [7, 11) is 1.99. The van der Waals surface area contributed by atoms with Crippen molar-refractivity contribution in [1.82, 2.24) is 10.3 Å². The van der Waals surface area contributed by atoms with E-state index < -0.39 is 0 Å². The number of rotatable bonds is 4. The molecule has 0 bridgehead atoms. The van der Waals surface area contributed by atoms with E-state index in [2.05, 4.69) is 10.3 Å². The maximum Gasteiger partial charge on any atom is 0.250 e. The third-order valence-corrected chi connectivity index (χ3v) is 3.45. The van der Waals surface area contributed by atoms with E-state index >= 15 is 0 Å². The Kier molecular flexibility index (Phi) is 5.05. The lowest BCUT2D eigenvalue weighted by Crippen LogP contribution is -2.47. The maximum absolute atomic E-state index is 11.3. The highest BCUT2D eigenvalue weighted by molar-refractivity contribution is 5.80. The quantitative estimate of drug-likeness (QED) is 0.414. The van der Waals surface area contributed by atoms with Gasteiger partial charge in [0.15, 0.2) is 0 Å². The van der Waals surface area contributed by atoms with Crippen molar-refractivity contribution >= 4 is 5.91 Å². The lowest BCUT2D eigenvalue weighted by molar-refractivity contribution is -0.125. The fraction of sp³-hybridized carbons (Fsp3) is 0.909. The number of carbonyl (C=O) groups is 1. The second kappa shape index (κ2) is 6.08. The summed E-state index contributed by atoms with van der Waals surface area (Å²) in [4.78, 5) is 13.4. The molecule has 0 aromatic heterocycles. The van der Waals surface area contributed by atoms with Gasteiger partial charge in [0, 0.05) is 6.54 Å². The molecule has 0 aromatic rings. The van der Waals surface area contributed by atoms with Crippen molar-refractivity contribution in [2.75, 3.05) is 13.6 Å². The first-order chi connectivity index (χ1) is 7.15. The highest BCUT2D eigenvalue weighted by Gasteiger charge is 2.21. The third kappa shape index (κ3) is 3.80. The molecular formula is C11H23N3O. The first-order valence-electron chi connectivity index (χ1n) is 5.86. The summed E-state index contributed by atoms with van der Waals surface area (Å²) < 4.78 is 0. The summed E-state index contributed by atoms with van der Waals surface area (Å²) in [6.45, 7) is 2.90. The van der Waals surface area contributed by atoms with Gasteiger partial charge in [-0.2, -0.15) is 0 Å². The van der Waals surface area contributed by atoms with Gasteiger partial charge in [-0.15, -0.1) is 0 Å². The molecule has 4 nitrogen and oxygen atoms in total. The van der Waals surface area contributed by atoms with Crippen LogP contribution in [0.25, 0.3) is 0 Å². The van der Waals surface area contributed by atoms with Crippen molar-refractivity contribution in [2.45, 2.75) is 45.1 Å². The third-order valence-electron chi connectivity index (χ3n) is 3.45. The van der Waals surface area contributed by atoms with Crippen LogP contribution in [0.4, 0.5) is 0 Å². The topological polar surface area (TPSA) is 58.4 Å². The Morgan fingerprint density at radius 2 is 2.07 bits per heavy atom. The fourth-order valence-electron chi connectivity index (χ4n) is 2.26. The molecule has 1 fully saturated rings. The lowest BCUT2D eigenvalue weighted by Gasteiger charge is -2.29. The smallest absolute Gasteiger partial charge is 0.250 e. The van der Waals surface area contributed by atoms with Gasteiger partial charge in [-0.05, 0) is 32.7 Å². The van der Waals surface area contributed by atoms with Crippen molar-refractivity contribution in [3.63, 3.8) is 0 Å². The molecule has 0 saturated heterocycles. The van der Waals surface area contributed by atoms with E-state index in [-0.39, 0.29) is 11.9 Å². The molecule has 15 heavy (non-hydrogen) atoms. The number of nitrogens with two attached hydrogens (primary N) is 1. The van der Waals surface area contributed by atoms with Crippen molar-refractivity contribution in [3.05, 3.63) is 0 Å². The van der Waals surface area contributed by atoms with E-state index in [4.69, 9.17) is 5.84 Å². The average Bonchev–Trinajstić information content (AvgIpc) is 2.28. The molecule has 1 saturated carbocycles. The van der Waals surface area contributed by atoms with Crippen LogP contribution in [0.1, 0.15) is 39.0 Å². The molecule has 1 rings (SSSR count). The second-order valence-corrected chi connectivity index (χ2v) is 4.63. The zero-order valence-corrected chi connectivity index (χ0v) is 9.83. The second-order valence-electron chi connectivity index (χ2n) is 4.63. The summed E-state index contributed by atoms with van der Waals surface area (Å²) in [5.74, 6) is 5.78. The molecule has 0 aliphatic heterocycles. The summed E-state index contributed by atoms with van der Waals surface area (Å²) in [6.07, 6.45) is 6.67. The highest BCUT2D eigenvalue weighted by atomic mass is 16.2. The minimum Gasteiger partial charge on any atom is -0.295 e. The van der Waals surface area contributed by atoms with Crippen molar-refractivity contribution in [1.29, 1.82) is 0 Å². The summed E-state index contributed by atoms with van der Waals surface area (Å²) in [5, 5.41) is 0. The molecule has 0 heterocycles. The Morgan fingerprint density at radius 3 is 2.60 bits per heavy atom. The highest BCUT2D eigenvalue weighted by Crippen LogP contribution is 2.24. The zero-order chi connectivity index (χ0) is 11.3. The Labute approximate surface area is 92.2 Å². The number of carbonyl (C=O) groups excluding carboxylic acids is 1. The monoisotopic (exact) mass is 213 g/mol. The van der Waals surface area contributed by atoms with Gasteiger partial charge in [-0.25, -0.2) is 5.84 Å². The van der Waals surface area contributed by atoms with Gasteiger partial charge in [0.05, 0.1) is 6.04 Å². The van der Waals surface area contributed by atoms with Crippen LogP contribution in [0.15, 0.2) is 0 Å². The minimum absolute atomic E-state index is 0.103. The number of nitrogens with zero attached hydrogens (tertiary/aromatic N) is 1. The Bertz CT molecular complexity index is 202. The SMILES string of the molecule is CC(C(=O)NN)N(C)CC1CCCCC1. The van der Waals surface area contributed by atoms with Crippen LogP contribution in [0.3, 0.4) is 0 Å². The van der Waals surface area contributed by atoms with Crippen molar-refractivity contribution in [2.24, 2.45) is 11.8 Å². The number of hydrogen-bond donors (Lipinski definition) is 2. The minimum atomic E-state index is -0.128. The predicted octanol–water partition coefficient (Wildman–Crippen LogP) is 0.877. The van der Waals surface area contributed by atoms with Gasteiger partial charge in [0.2, 0.25) is 0 Å². The van der Waals surface area contributed by atoms with Gasteiger partial charge in [0.25, 0.3) is 5.91 Å². The standard InChI is InChI=1S/C11H23N3O/c1-9(11(15)13-12)14(2)8-10-6-4-3-5-7-10/h9-10H,3-8,12H2,1-2H3,(H,13,15). The fourth-order valence-corrected chi connectivity index (χ4v) is 2.26. The summed E-state index contributed by atoms with van der Waals surface area (Å²) in [5.41, 5.74) is 2.20. The number of amides is 1. The van der Waals surface area contributed by atoms with Crippen molar-refractivity contribution < 1.29 is 4.79 Å². The predicted molar refractivity (Wildman–Crippen MR) is 61.0 cm³/mol. The zero-order valence-electron chi connectivity index (χ0n) is 9.83. The molecule has 1 aliphatic rings. The Morgan fingerprint density at radius 1 is 1.47 bits per heavy atom. The van der Waals surface area contributed by atoms with Crippen LogP contribution in [0, 0.1) is 5.92 Å². The molecule has 4 heteroatoms. The van der Waals surface area contributed by atoms with Crippen LogP contribution < -0.4 is 11.3 Å². The molecule has 0 spiro atoms. The number of nitrogens with one attached hydrogen (secondary N) is 1. The number of hydrogen-bond acceptors (Lipinski definition) is 3. The molecule has 1 unspecified atom stereocenters. The normalized spacial score (nSPS) is 20.3. The molecule has 1 amide bonds. The van der Waals surface area contributed by atoms with E-state index in [1.165, 1.54) is 32.1 Å². The van der Waals surface area contributed by atoms with E-state index in [9.17, 15) is 4.79 Å². The largest absolute Gasteiger partial charge is 0.295 e. The molecule has 3 N–H and O–H groups in total.